The summed E-state index contributed by atoms with van der Waals surface area (Å²) in [4.78, 5) is 25.5. The van der Waals surface area contributed by atoms with Gasteiger partial charge in [-0.15, -0.1) is 0 Å². The van der Waals surface area contributed by atoms with Crippen LogP contribution < -0.4 is 10.5 Å². The molecule has 4 aliphatic rings. The number of likely N-dealkylation sites (tertiary alicyclic amines) is 1. The van der Waals surface area contributed by atoms with Crippen LogP contribution in [0.2, 0.25) is 0 Å². The van der Waals surface area contributed by atoms with Crippen molar-refractivity contribution in [3.63, 3.8) is 0 Å². The van der Waals surface area contributed by atoms with Gasteiger partial charge in [-0.25, -0.2) is 9.97 Å². The van der Waals surface area contributed by atoms with Crippen LogP contribution in [0.3, 0.4) is 0 Å². The van der Waals surface area contributed by atoms with Crippen LogP contribution in [0.25, 0.3) is 33.6 Å². The molecule has 4 heterocycles. The van der Waals surface area contributed by atoms with E-state index < -0.39 is 0 Å². The van der Waals surface area contributed by atoms with Crippen molar-refractivity contribution in [1.29, 1.82) is 0 Å². The summed E-state index contributed by atoms with van der Waals surface area (Å²) >= 11 is 0. The van der Waals surface area contributed by atoms with Crippen LogP contribution >= 0.6 is 0 Å². The molecule has 1 amide bonds. The van der Waals surface area contributed by atoms with E-state index in [-0.39, 0.29) is 18.0 Å². The van der Waals surface area contributed by atoms with E-state index in [9.17, 15) is 4.79 Å². The maximum atomic E-state index is 13.7. The number of hydrogen-bond acceptors (Lipinski definition) is 5. The van der Waals surface area contributed by atoms with Crippen LogP contribution in [0, 0.1) is 23.7 Å². The Hall–Kier alpha value is -3.39. The highest BCUT2D eigenvalue weighted by atomic mass is 16.5. The van der Waals surface area contributed by atoms with Gasteiger partial charge in [-0.2, -0.15) is 0 Å². The third-order valence-corrected chi connectivity index (χ3v) is 9.37. The minimum Gasteiger partial charge on any atom is -0.494 e. The Bertz CT molecular complexity index is 1570. The molecule has 5 atom stereocenters. The molecule has 3 saturated carbocycles. The molecule has 2 N–H and O–H groups in total. The molecule has 0 spiro atoms. The number of aryl methyl sites for hydroxylation is 1. The Morgan fingerprint density at radius 2 is 2.11 bits per heavy atom. The van der Waals surface area contributed by atoms with E-state index in [2.05, 4.69) is 26.3 Å². The molecule has 1 aliphatic heterocycles. The molecule has 4 aromatic rings. The smallest absolute Gasteiger partial charge is 0.254 e. The van der Waals surface area contributed by atoms with Crippen LogP contribution in [0.15, 0.2) is 36.5 Å². The molecule has 0 radical (unpaired) electrons. The highest BCUT2D eigenvalue weighted by Crippen LogP contribution is 2.60. The lowest BCUT2D eigenvalue weighted by molar-refractivity contribution is -0.0443. The Morgan fingerprint density at radius 1 is 1.25 bits per heavy atom. The molecule has 8 heteroatoms. The molecule has 0 bridgehead atoms. The van der Waals surface area contributed by atoms with Gasteiger partial charge in [0.15, 0.2) is 5.82 Å². The lowest BCUT2D eigenvalue weighted by Crippen LogP contribution is -2.68. The van der Waals surface area contributed by atoms with Crippen molar-refractivity contribution >= 4 is 28.0 Å². The van der Waals surface area contributed by atoms with Gasteiger partial charge in [0.05, 0.1) is 24.4 Å². The first kappa shape index (κ1) is 20.8. The summed E-state index contributed by atoms with van der Waals surface area (Å²) in [7, 11) is 3.68. The molecular formula is C28H30N6O2. The number of imidazole rings is 1. The van der Waals surface area contributed by atoms with E-state index in [4.69, 9.17) is 15.5 Å². The summed E-state index contributed by atoms with van der Waals surface area (Å²) in [5, 5.41) is 1.11. The Kier molecular flexibility index (Phi) is 4.09. The quantitative estimate of drug-likeness (QED) is 0.471. The Morgan fingerprint density at radius 3 is 2.92 bits per heavy atom. The van der Waals surface area contributed by atoms with Crippen LogP contribution in [-0.4, -0.2) is 55.6 Å². The Labute approximate surface area is 209 Å². The molecule has 3 aromatic heterocycles. The second-order valence-electron chi connectivity index (χ2n) is 11.3. The predicted molar refractivity (Wildman–Crippen MR) is 137 cm³/mol. The van der Waals surface area contributed by atoms with Crippen molar-refractivity contribution < 1.29 is 9.53 Å². The number of benzene rings is 1. The van der Waals surface area contributed by atoms with Crippen LogP contribution in [0.5, 0.6) is 5.75 Å². The second-order valence-corrected chi connectivity index (χ2v) is 11.3. The molecule has 1 unspecified atom stereocenters. The predicted octanol–water partition coefficient (Wildman–Crippen LogP) is 3.43. The van der Waals surface area contributed by atoms with Crippen molar-refractivity contribution in [3.05, 3.63) is 42.1 Å². The number of nitrogens with two attached hydrogens (primary N) is 1. The first-order chi connectivity index (χ1) is 17.5. The van der Waals surface area contributed by atoms with Crippen LogP contribution in [0.4, 0.5) is 0 Å². The molecule has 8 nitrogen and oxygen atoms in total. The Balaban J connectivity index is 1.24. The number of carbonyl (C=O) groups is 1. The molecule has 184 valence electrons. The minimum absolute atomic E-state index is 0.0442. The van der Waals surface area contributed by atoms with Gasteiger partial charge >= 0.3 is 0 Å². The fourth-order valence-electron chi connectivity index (χ4n) is 7.33. The number of aromatic nitrogens is 4. The maximum Gasteiger partial charge on any atom is 0.254 e. The lowest BCUT2D eigenvalue weighted by atomic mass is 9.50. The van der Waals surface area contributed by atoms with Crippen molar-refractivity contribution in [1.82, 2.24) is 24.0 Å². The number of fused-ring (bicyclic) bond motifs is 2. The zero-order chi connectivity index (χ0) is 24.3. The van der Waals surface area contributed by atoms with Crippen LogP contribution in [0.1, 0.15) is 29.6 Å². The third-order valence-electron chi connectivity index (χ3n) is 9.37. The van der Waals surface area contributed by atoms with Gasteiger partial charge in [0.1, 0.15) is 16.9 Å². The highest BCUT2D eigenvalue weighted by Gasteiger charge is 2.66. The topological polar surface area (TPSA) is 91.2 Å². The number of ether oxygens (including phenoxy) is 1. The molecule has 8 rings (SSSR count). The van der Waals surface area contributed by atoms with Gasteiger partial charge < -0.3 is 24.5 Å². The number of hydrogen-bond donors (Lipinski definition) is 1. The van der Waals surface area contributed by atoms with Crippen molar-refractivity contribution in [2.45, 2.75) is 37.9 Å². The van der Waals surface area contributed by atoms with Gasteiger partial charge in [0.2, 0.25) is 0 Å². The summed E-state index contributed by atoms with van der Waals surface area (Å²) < 4.78 is 10.2. The van der Waals surface area contributed by atoms with E-state index in [0.717, 1.165) is 46.7 Å². The fraction of sp³-hybridized carbons (Fsp3) is 0.464. The first-order valence-corrected chi connectivity index (χ1v) is 13.1. The van der Waals surface area contributed by atoms with Gasteiger partial charge in [0.25, 0.3) is 5.91 Å². The highest BCUT2D eigenvalue weighted by molar-refractivity contribution is 6.00. The van der Waals surface area contributed by atoms with Gasteiger partial charge in [-0.05, 0) is 73.3 Å². The second kappa shape index (κ2) is 7.09. The summed E-state index contributed by atoms with van der Waals surface area (Å²) in [6.07, 6.45) is 5.54. The van der Waals surface area contributed by atoms with Gasteiger partial charge in [-0.3, -0.25) is 4.79 Å². The lowest BCUT2D eigenvalue weighted by Gasteiger charge is -2.57. The first-order valence-electron chi connectivity index (χ1n) is 13.1. The summed E-state index contributed by atoms with van der Waals surface area (Å²) in [6, 6.07) is 10.4. The van der Waals surface area contributed by atoms with Crippen molar-refractivity contribution in [2.75, 3.05) is 13.7 Å². The minimum atomic E-state index is 0.0442. The zero-order valence-corrected chi connectivity index (χ0v) is 20.6. The molecule has 1 aromatic carbocycles. The van der Waals surface area contributed by atoms with E-state index in [1.807, 2.05) is 36.3 Å². The van der Waals surface area contributed by atoms with E-state index in [1.54, 1.807) is 7.11 Å². The third kappa shape index (κ3) is 2.65. The fourth-order valence-corrected chi connectivity index (χ4v) is 7.33. The van der Waals surface area contributed by atoms with E-state index in [0.29, 0.717) is 35.0 Å². The average molecular weight is 483 g/mol. The number of rotatable bonds is 5. The zero-order valence-electron chi connectivity index (χ0n) is 20.6. The monoisotopic (exact) mass is 482 g/mol. The average Bonchev–Trinajstić information content (AvgIpc) is 3.51. The normalized spacial score (nSPS) is 28.3. The largest absolute Gasteiger partial charge is 0.494 e. The van der Waals surface area contributed by atoms with Gasteiger partial charge in [-0.1, -0.05) is 0 Å². The van der Waals surface area contributed by atoms with Gasteiger partial charge in [0, 0.05) is 43.3 Å². The molecule has 4 fully saturated rings. The molecule has 1 saturated heterocycles. The van der Waals surface area contributed by atoms with Crippen molar-refractivity contribution in [2.24, 2.45) is 36.5 Å². The molecular weight excluding hydrogens is 452 g/mol. The SMILES string of the molecule is COc1cc(C(=O)N2C[C@H]3CC4[C@H]3[C@H]2[C@H]4N)cc2nc(-c3cc4cccnc4n3CC3CC3)n(C)c12. The molecule has 3 aliphatic carbocycles. The summed E-state index contributed by atoms with van der Waals surface area (Å²) in [5.74, 6) is 4.11. The standard InChI is InChI=1S/C28H30N6O2/c1-32-24-19(31-27(32)20-10-15-4-3-7-30-26(15)33(20)12-14-5-6-14)9-16(11-21(24)36-2)28(35)34-13-17-8-18-22(17)25(34)23(18)29/h3-4,7,9-11,14,17-18,22-23,25H,5-6,8,12-13,29H2,1-2H3/t17-,18?,22+,23+,25+/m1/s1. The van der Waals surface area contributed by atoms with Crippen molar-refractivity contribution in [3.8, 4) is 17.3 Å². The maximum absolute atomic E-state index is 13.7. The summed E-state index contributed by atoms with van der Waals surface area (Å²) in [5.41, 5.74) is 10.8. The van der Waals surface area contributed by atoms with E-state index in [1.165, 1.54) is 19.3 Å². The number of pyridine rings is 1. The number of carbonyl (C=O) groups excluding carboxylic acids is 1. The van der Waals surface area contributed by atoms with E-state index >= 15 is 0 Å². The summed E-state index contributed by atoms with van der Waals surface area (Å²) in [6.45, 7) is 1.76. The van der Waals surface area contributed by atoms with Crippen LogP contribution in [-0.2, 0) is 13.6 Å². The number of amides is 1. The molecule has 36 heavy (non-hydrogen) atoms. The number of methoxy groups -OCH3 is 1. The number of nitrogens with zero attached hydrogens (tertiary/aromatic N) is 5.